The lowest BCUT2D eigenvalue weighted by Gasteiger charge is -2.39. The van der Waals surface area contributed by atoms with E-state index < -0.39 is 0 Å². The highest BCUT2D eigenvalue weighted by Crippen LogP contribution is 2.30. The molecule has 3 aromatic rings. The number of hydrogen-bond acceptors (Lipinski definition) is 4. The molecule has 1 aliphatic heterocycles. The summed E-state index contributed by atoms with van der Waals surface area (Å²) in [6.07, 6.45) is 4.76. The van der Waals surface area contributed by atoms with E-state index in [4.69, 9.17) is 4.98 Å². The summed E-state index contributed by atoms with van der Waals surface area (Å²) >= 11 is 1.43. The first-order chi connectivity index (χ1) is 15.5. The van der Waals surface area contributed by atoms with Crippen LogP contribution in [0.3, 0.4) is 0 Å². The number of aromatic nitrogens is 1. The van der Waals surface area contributed by atoms with Gasteiger partial charge < -0.3 is 5.32 Å². The van der Waals surface area contributed by atoms with Crippen LogP contribution in [-0.4, -0.2) is 41.0 Å². The zero-order valence-corrected chi connectivity index (χ0v) is 19.5. The lowest BCUT2D eigenvalue weighted by atomic mass is 9.97. The van der Waals surface area contributed by atoms with Crippen molar-refractivity contribution in [1.29, 1.82) is 0 Å². The molecule has 0 aliphatic carbocycles. The Balaban J connectivity index is 1.44. The molecule has 4 nitrogen and oxygen atoms in total. The first kappa shape index (κ1) is 22.7. The number of pyridine rings is 1. The fraction of sp³-hybridized carbons (Fsp3) is 0.385. The molecule has 1 fully saturated rings. The van der Waals surface area contributed by atoms with Crippen LogP contribution >= 0.6 is 11.8 Å². The number of rotatable bonds is 7. The number of fused-ring (bicyclic) bond motifs is 1. The number of benzene rings is 2. The molecule has 0 saturated carbocycles. The van der Waals surface area contributed by atoms with Crippen molar-refractivity contribution in [2.45, 2.75) is 61.5 Å². The third-order valence-corrected chi connectivity index (χ3v) is 7.15. The molecule has 0 unspecified atom stereocenters. The van der Waals surface area contributed by atoms with Gasteiger partial charge in [-0.05, 0) is 69.5 Å². The van der Waals surface area contributed by atoms with Crippen molar-refractivity contribution < 1.29 is 9.18 Å². The topological polar surface area (TPSA) is 45.2 Å². The summed E-state index contributed by atoms with van der Waals surface area (Å²) in [4.78, 5) is 21.2. The zero-order valence-electron chi connectivity index (χ0n) is 18.7. The number of carbonyl (C=O) groups is 1. The van der Waals surface area contributed by atoms with E-state index in [2.05, 4.69) is 24.1 Å². The Hall–Kier alpha value is -2.44. The summed E-state index contributed by atoms with van der Waals surface area (Å²) in [6, 6.07) is 17.1. The van der Waals surface area contributed by atoms with Crippen molar-refractivity contribution >= 4 is 28.6 Å². The molecule has 2 heterocycles. The molecular formula is C26H30FN3OS. The molecule has 6 heteroatoms. The Kier molecular flexibility index (Phi) is 7.43. The van der Waals surface area contributed by atoms with Crippen LogP contribution in [0.4, 0.5) is 4.39 Å². The average molecular weight is 452 g/mol. The Morgan fingerprint density at radius 2 is 1.84 bits per heavy atom. The molecule has 4 rings (SSSR count). The molecule has 1 aromatic heterocycles. The third-order valence-electron chi connectivity index (χ3n) is 6.23. The van der Waals surface area contributed by atoms with Crippen LogP contribution in [0.15, 0.2) is 64.5 Å². The normalized spacial score (nSPS) is 19.2. The van der Waals surface area contributed by atoms with E-state index in [0.29, 0.717) is 24.2 Å². The van der Waals surface area contributed by atoms with Gasteiger partial charge in [0.25, 0.3) is 5.91 Å². The number of hydrogen-bond donors (Lipinski definition) is 1. The highest BCUT2D eigenvalue weighted by Gasteiger charge is 2.23. The molecule has 32 heavy (non-hydrogen) atoms. The van der Waals surface area contributed by atoms with Crippen LogP contribution in [0.25, 0.3) is 10.9 Å². The minimum atomic E-state index is -0.269. The van der Waals surface area contributed by atoms with Gasteiger partial charge in [-0.1, -0.05) is 36.4 Å². The van der Waals surface area contributed by atoms with E-state index in [-0.39, 0.29) is 11.7 Å². The van der Waals surface area contributed by atoms with Gasteiger partial charge in [-0.15, -0.1) is 0 Å². The molecule has 2 aromatic carbocycles. The summed E-state index contributed by atoms with van der Waals surface area (Å²) in [6.45, 7) is 6.26. The Bertz CT molecular complexity index is 1060. The van der Waals surface area contributed by atoms with Crippen LogP contribution in [0.5, 0.6) is 0 Å². The number of likely N-dealkylation sites (tertiary alicyclic amines) is 1. The molecule has 168 valence electrons. The Morgan fingerprint density at radius 1 is 1.12 bits per heavy atom. The molecule has 1 aliphatic rings. The summed E-state index contributed by atoms with van der Waals surface area (Å²) in [7, 11) is 0. The fourth-order valence-electron chi connectivity index (χ4n) is 4.49. The monoisotopic (exact) mass is 451 g/mol. The lowest BCUT2D eigenvalue weighted by Crippen LogP contribution is -2.44. The average Bonchev–Trinajstić information content (AvgIpc) is 2.79. The smallest absolute Gasteiger partial charge is 0.252 e. The maximum atomic E-state index is 13.2. The molecule has 0 radical (unpaired) electrons. The summed E-state index contributed by atoms with van der Waals surface area (Å²) < 4.78 is 13.2. The number of nitrogens with one attached hydrogen (secondary N) is 1. The first-order valence-corrected chi connectivity index (χ1v) is 12.2. The zero-order chi connectivity index (χ0) is 22.5. The Morgan fingerprint density at radius 3 is 2.59 bits per heavy atom. The van der Waals surface area contributed by atoms with Gasteiger partial charge in [0.1, 0.15) is 10.8 Å². The quantitative estimate of drug-likeness (QED) is 0.454. The van der Waals surface area contributed by atoms with Gasteiger partial charge >= 0.3 is 0 Å². The number of carbonyl (C=O) groups excluding carboxylic acids is 1. The molecule has 1 amide bonds. The van der Waals surface area contributed by atoms with Crippen molar-refractivity contribution in [2.75, 3.05) is 13.1 Å². The van der Waals surface area contributed by atoms with Gasteiger partial charge in [0.15, 0.2) is 0 Å². The van der Waals surface area contributed by atoms with E-state index in [1.54, 1.807) is 12.1 Å². The highest BCUT2D eigenvalue weighted by atomic mass is 32.2. The van der Waals surface area contributed by atoms with E-state index in [1.165, 1.54) is 43.2 Å². The second-order valence-electron chi connectivity index (χ2n) is 8.56. The minimum absolute atomic E-state index is 0.0794. The maximum absolute atomic E-state index is 13.2. The summed E-state index contributed by atoms with van der Waals surface area (Å²) in [5, 5.41) is 4.67. The molecule has 0 spiro atoms. The van der Waals surface area contributed by atoms with Crippen LogP contribution in [0.2, 0.25) is 0 Å². The summed E-state index contributed by atoms with van der Waals surface area (Å²) in [5.41, 5.74) is 1.40. The predicted octanol–water partition coefficient (Wildman–Crippen LogP) is 5.91. The highest BCUT2D eigenvalue weighted by molar-refractivity contribution is 7.99. The number of piperidine rings is 1. The van der Waals surface area contributed by atoms with Gasteiger partial charge in [0.05, 0.1) is 11.1 Å². The standard InChI is InChI=1S/C26H30FN3OS/c1-18-7-5-8-19(2)30(18)16-6-15-28-26(31)23-17-25(29-24-10-4-3-9-22(23)24)32-21-13-11-20(27)12-14-21/h3-4,9-14,17-19H,5-8,15-16H2,1-2H3,(H,28,31)/t18-,19-/m1/s1. The number of amides is 1. The van der Waals surface area contributed by atoms with E-state index in [0.717, 1.165) is 33.8 Å². The molecule has 1 N–H and O–H groups in total. The van der Waals surface area contributed by atoms with Crippen molar-refractivity contribution in [2.24, 2.45) is 0 Å². The van der Waals surface area contributed by atoms with Crippen LogP contribution < -0.4 is 5.32 Å². The minimum Gasteiger partial charge on any atom is -0.352 e. The Labute approximate surface area is 193 Å². The molecule has 0 bridgehead atoms. The van der Waals surface area contributed by atoms with Crippen LogP contribution in [0, 0.1) is 5.82 Å². The summed E-state index contributed by atoms with van der Waals surface area (Å²) in [5.74, 6) is -0.349. The number of para-hydroxylation sites is 1. The third kappa shape index (κ3) is 5.48. The number of halogens is 1. The SMILES string of the molecule is C[C@@H]1CCC[C@@H](C)N1CCCNC(=O)c1cc(Sc2ccc(F)cc2)nc2ccccc12. The second kappa shape index (κ2) is 10.5. The predicted molar refractivity (Wildman–Crippen MR) is 129 cm³/mol. The van der Waals surface area contributed by atoms with Crippen molar-refractivity contribution in [1.82, 2.24) is 15.2 Å². The first-order valence-electron chi connectivity index (χ1n) is 11.4. The van der Waals surface area contributed by atoms with Crippen LogP contribution in [0.1, 0.15) is 49.9 Å². The largest absolute Gasteiger partial charge is 0.352 e. The van der Waals surface area contributed by atoms with Gasteiger partial charge in [0.2, 0.25) is 0 Å². The van der Waals surface area contributed by atoms with E-state index in [1.807, 2.05) is 30.3 Å². The maximum Gasteiger partial charge on any atom is 0.252 e. The molecule has 1 saturated heterocycles. The number of nitrogens with zero attached hydrogens (tertiary/aromatic N) is 2. The fourth-order valence-corrected chi connectivity index (χ4v) is 5.32. The lowest BCUT2D eigenvalue weighted by molar-refractivity contribution is 0.0926. The van der Waals surface area contributed by atoms with Crippen molar-refractivity contribution in [3.8, 4) is 0 Å². The van der Waals surface area contributed by atoms with Gasteiger partial charge in [-0.2, -0.15) is 0 Å². The van der Waals surface area contributed by atoms with E-state index >= 15 is 0 Å². The van der Waals surface area contributed by atoms with Crippen molar-refractivity contribution in [3.05, 3.63) is 66.0 Å². The van der Waals surface area contributed by atoms with E-state index in [9.17, 15) is 9.18 Å². The van der Waals surface area contributed by atoms with Gasteiger partial charge in [0, 0.05) is 35.5 Å². The van der Waals surface area contributed by atoms with Gasteiger partial charge in [-0.3, -0.25) is 9.69 Å². The second-order valence-corrected chi connectivity index (χ2v) is 9.65. The molecule has 2 atom stereocenters. The molecular weight excluding hydrogens is 421 g/mol. The van der Waals surface area contributed by atoms with Crippen LogP contribution in [-0.2, 0) is 0 Å². The van der Waals surface area contributed by atoms with Gasteiger partial charge in [-0.25, -0.2) is 9.37 Å². The van der Waals surface area contributed by atoms with Crippen molar-refractivity contribution in [3.63, 3.8) is 0 Å².